The summed E-state index contributed by atoms with van der Waals surface area (Å²) >= 11 is 0. The van der Waals surface area contributed by atoms with E-state index in [1.165, 1.54) is 12.8 Å². The lowest BCUT2D eigenvalue weighted by molar-refractivity contribution is -0.116. The maximum atomic E-state index is 12.1. The number of amides is 1. The SMILES string of the molecule is Cc1ccc(C(=O)CCC(=O)Nc2ccc(OC3CCCC3)cc2)cc1. The maximum absolute atomic E-state index is 12.1. The number of carbonyl (C=O) groups excluding carboxylic acids is 2. The Kier molecular flexibility index (Phi) is 6.05. The Morgan fingerprint density at radius 1 is 0.962 bits per heavy atom. The Bertz CT molecular complexity index is 744. The summed E-state index contributed by atoms with van der Waals surface area (Å²) in [6.07, 6.45) is 5.41. The van der Waals surface area contributed by atoms with Crippen LogP contribution in [0.15, 0.2) is 48.5 Å². The van der Waals surface area contributed by atoms with Crippen LogP contribution in [-0.2, 0) is 4.79 Å². The topological polar surface area (TPSA) is 55.4 Å². The van der Waals surface area contributed by atoms with Crippen LogP contribution in [0, 0.1) is 6.92 Å². The number of Topliss-reactive ketones (excluding diaryl/α,β-unsaturated/α-hetero) is 1. The Labute approximate surface area is 154 Å². The molecule has 0 spiro atoms. The second kappa shape index (κ2) is 8.65. The molecule has 3 rings (SSSR count). The van der Waals surface area contributed by atoms with Gasteiger partial charge in [-0.3, -0.25) is 9.59 Å². The highest BCUT2D eigenvalue weighted by Crippen LogP contribution is 2.25. The van der Waals surface area contributed by atoms with E-state index in [0.717, 1.165) is 29.8 Å². The first kappa shape index (κ1) is 18.2. The number of hydrogen-bond donors (Lipinski definition) is 1. The molecule has 2 aromatic rings. The van der Waals surface area contributed by atoms with E-state index >= 15 is 0 Å². The highest BCUT2D eigenvalue weighted by Gasteiger charge is 2.16. The fourth-order valence-electron chi connectivity index (χ4n) is 3.15. The number of anilines is 1. The van der Waals surface area contributed by atoms with Crippen molar-refractivity contribution in [1.82, 2.24) is 0 Å². The number of carbonyl (C=O) groups is 2. The second-order valence-corrected chi connectivity index (χ2v) is 6.89. The lowest BCUT2D eigenvalue weighted by Crippen LogP contribution is -2.14. The summed E-state index contributed by atoms with van der Waals surface area (Å²) in [6.45, 7) is 1.98. The first-order chi connectivity index (χ1) is 12.6. The van der Waals surface area contributed by atoms with Gasteiger partial charge in [0.1, 0.15) is 5.75 Å². The minimum absolute atomic E-state index is 0.0135. The van der Waals surface area contributed by atoms with Crippen LogP contribution < -0.4 is 10.1 Å². The smallest absolute Gasteiger partial charge is 0.224 e. The lowest BCUT2D eigenvalue weighted by atomic mass is 10.0. The average Bonchev–Trinajstić information content (AvgIpc) is 3.15. The van der Waals surface area contributed by atoms with Crippen LogP contribution in [0.2, 0.25) is 0 Å². The molecule has 1 N–H and O–H groups in total. The first-order valence-corrected chi connectivity index (χ1v) is 9.26. The van der Waals surface area contributed by atoms with Gasteiger partial charge in [0.25, 0.3) is 0 Å². The van der Waals surface area contributed by atoms with Gasteiger partial charge in [-0.2, -0.15) is 0 Å². The van der Waals surface area contributed by atoms with Crippen LogP contribution in [0.3, 0.4) is 0 Å². The van der Waals surface area contributed by atoms with Crippen LogP contribution in [-0.4, -0.2) is 17.8 Å². The van der Waals surface area contributed by atoms with Crippen molar-refractivity contribution in [2.75, 3.05) is 5.32 Å². The molecule has 136 valence electrons. The maximum Gasteiger partial charge on any atom is 0.224 e. The number of benzene rings is 2. The van der Waals surface area contributed by atoms with Gasteiger partial charge in [-0.05, 0) is 56.9 Å². The summed E-state index contributed by atoms with van der Waals surface area (Å²) < 4.78 is 5.91. The number of hydrogen-bond acceptors (Lipinski definition) is 3. The van der Waals surface area contributed by atoms with Gasteiger partial charge in [-0.25, -0.2) is 0 Å². The Morgan fingerprint density at radius 3 is 2.27 bits per heavy atom. The van der Waals surface area contributed by atoms with Gasteiger partial charge in [0.05, 0.1) is 6.10 Å². The molecule has 1 aliphatic rings. The van der Waals surface area contributed by atoms with Crippen molar-refractivity contribution in [3.63, 3.8) is 0 Å². The predicted molar refractivity (Wildman–Crippen MR) is 103 cm³/mol. The van der Waals surface area contributed by atoms with Crippen LogP contribution >= 0.6 is 0 Å². The molecule has 0 aromatic heterocycles. The number of ether oxygens (including phenoxy) is 1. The summed E-state index contributed by atoms with van der Waals surface area (Å²) in [5.74, 6) is 0.667. The number of aryl methyl sites for hydroxylation is 1. The molecule has 26 heavy (non-hydrogen) atoms. The zero-order valence-corrected chi connectivity index (χ0v) is 15.2. The van der Waals surface area contributed by atoms with E-state index in [4.69, 9.17) is 4.74 Å². The molecule has 0 unspecified atom stereocenters. The number of nitrogens with one attached hydrogen (secondary N) is 1. The fraction of sp³-hybridized carbons (Fsp3) is 0.364. The molecular formula is C22H25NO3. The molecule has 0 bridgehead atoms. The third-order valence-electron chi connectivity index (χ3n) is 4.70. The third-order valence-corrected chi connectivity index (χ3v) is 4.70. The van der Waals surface area contributed by atoms with Gasteiger partial charge >= 0.3 is 0 Å². The number of rotatable bonds is 7. The van der Waals surface area contributed by atoms with Crippen molar-refractivity contribution in [2.45, 2.75) is 51.6 Å². The first-order valence-electron chi connectivity index (χ1n) is 9.26. The van der Waals surface area contributed by atoms with Crippen molar-refractivity contribution in [3.8, 4) is 5.75 Å². The van der Waals surface area contributed by atoms with Gasteiger partial charge in [0, 0.05) is 24.1 Å². The molecule has 1 aliphatic carbocycles. The highest BCUT2D eigenvalue weighted by molar-refractivity contribution is 6.00. The molecule has 4 heteroatoms. The molecule has 0 aliphatic heterocycles. The average molecular weight is 351 g/mol. The van der Waals surface area contributed by atoms with E-state index in [1.807, 2.05) is 43.3 Å². The molecule has 0 saturated heterocycles. The van der Waals surface area contributed by atoms with Gasteiger partial charge in [0.2, 0.25) is 5.91 Å². The summed E-state index contributed by atoms with van der Waals surface area (Å²) in [4.78, 5) is 24.2. The molecule has 0 atom stereocenters. The summed E-state index contributed by atoms with van der Waals surface area (Å²) in [5.41, 5.74) is 2.48. The number of ketones is 1. The molecule has 1 saturated carbocycles. The normalized spacial score (nSPS) is 14.2. The van der Waals surface area contributed by atoms with Crippen molar-refractivity contribution in [1.29, 1.82) is 0 Å². The van der Waals surface area contributed by atoms with Crippen LogP contribution in [0.1, 0.15) is 54.4 Å². The minimum atomic E-state index is -0.157. The summed E-state index contributed by atoms with van der Waals surface area (Å²) in [6, 6.07) is 14.9. The summed E-state index contributed by atoms with van der Waals surface area (Å²) in [5, 5.41) is 2.83. The van der Waals surface area contributed by atoms with E-state index < -0.39 is 0 Å². The molecule has 4 nitrogen and oxygen atoms in total. The molecule has 1 amide bonds. The van der Waals surface area contributed by atoms with Crippen molar-refractivity contribution >= 4 is 17.4 Å². The van der Waals surface area contributed by atoms with Crippen LogP contribution in [0.4, 0.5) is 5.69 Å². The predicted octanol–water partition coefficient (Wildman–Crippen LogP) is 4.92. The molecular weight excluding hydrogens is 326 g/mol. The van der Waals surface area contributed by atoms with E-state index in [-0.39, 0.29) is 24.5 Å². The second-order valence-electron chi connectivity index (χ2n) is 6.89. The lowest BCUT2D eigenvalue weighted by Gasteiger charge is -2.13. The minimum Gasteiger partial charge on any atom is -0.490 e. The van der Waals surface area contributed by atoms with E-state index in [2.05, 4.69) is 5.32 Å². The van der Waals surface area contributed by atoms with Crippen LogP contribution in [0.5, 0.6) is 5.75 Å². The largest absolute Gasteiger partial charge is 0.490 e. The van der Waals surface area contributed by atoms with Crippen molar-refractivity contribution in [3.05, 3.63) is 59.7 Å². The van der Waals surface area contributed by atoms with E-state index in [1.54, 1.807) is 12.1 Å². The van der Waals surface area contributed by atoms with E-state index in [9.17, 15) is 9.59 Å². The van der Waals surface area contributed by atoms with Crippen molar-refractivity contribution < 1.29 is 14.3 Å². The fourth-order valence-corrected chi connectivity index (χ4v) is 3.15. The molecule has 0 heterocycles. The summed E-state index contributed by atoms with van der Waals surface area (Å²) in [7, 11) is 0. The van der Waals surface area contributed by atoms with Gasteiger partial charge in [-0.1, -0.05) is 29.8 Å². The molecule has 1 fully saturated rings. The Morgan fingerprint density at radius 2 is 1.62 bits per heavy atom. The van der Waals surface area contributed by atoms with E-state index in [0.29, 0.717) is 11.7 Å². The van der Waals surface area contributed by atoms with Gasteiger partial charge in [-0.15, -0.1) is 0 Å². The Balaban J connectivity index is 1.45. The molecule has 2 aromatic carbocycles. The highest BCUT2D eigenvalue weighted by atomic mass is 16.5. The van der Waals surface area contributed by atoms with Crippen LogP contribution in [0.25, 0.3) is 0 Å². The van der Waals surface area contributed by atoms with Crippen molar-refractivity contribution in [2.24, 2.45) is 0 Å². The van der Waals surface area contributed by atoms with Gasteiger partial charge < -0.3 is 10.1 Å². The van der Waals surface area contributed by atoms with Gasteiger partial charge in [0.15, 0.2) is 5.78 Å². The standard InChI is InChI=1S/C22H25NO3/c1-16-6-8-17(9-7-16)21(24)14-15-22(25)23-18-10-12-20(13-11-18)26-19-4-2-3-5-19/h6-13,19H,2-5,14-15H2,1H3,(H,23,25). The Hall–Kier alpha value is -2.62. The molecule has 0 radical (unpaired) electrons. The monoisotopic (exact) mass is 351 g/mol. The zero-order chi connectivity index (χ0) is 18.4. The zero-order valence-electron chi connectivity index (χ0n) is 15.2. The third kappa shape index (κ3) is 5.19. The quantitative estimate of drug-likeness (QED) is 0.721.